The molecular weight excluding hydrogens is 288 g/mol. The zero-order valence-corrected chi connectivity index (χ0v) is 13.8. The van der Waals surface area contributed by atoms with Gasteiger partial charge in [0.1, 0.15) is 4.90 Å². The Morgan fingerprint density at radius 2 is 2.19 bits per heavy atom. The Balaban J connectivity index is 2.00. The molecular formula is C14H24N4O2S. The van der Waals surface area contributed by atoms with Crippen LogP contribution >= 0.6 is 0 Å². The highest BCUT2D eigenvalue weighted by molar-refractivity contribution is 7.89. The summed E-state index contributed by atoms with van der Waals surface area (Å²) < 4.78 is 29.4. The molecule has 0 aliphatic carbocycles. The minimum atomic E-state index is -3.47. The number of sulfonamides is 1. The van der Waals surface area contributed by atoms with Crippen molar-refractivity contribution in [2.24, 2.45) is 7.05 Å². The lowest BCUT2D eigenvalue weighted by Crippen LogP contribution is -2.65. The minimum Gasteiger partial charge on any atom is -0.310 e. The maximum atomic E-state index is 13.1. The average Bonchev–Trinajstić information content (AvgIpc) is 2.77. The number of hydrogen-bond acceptors (Lipinski definition) is 4. The van der Waals surface area contributed by atoms with Gasteiger partial charge >= 0.3 is 0 Å². The highest BCUT2D eigenvalue weighted by atomic mass is 32.2. The number of rotatable bonds is 2. The molecule has 0 bridgehead atoms. The first-order valence-corrected chi connectivity index (χ1v) is 9.06. The second-order valence-corrected chi connectivity index (χ2v) is 8.33. The van der Waals surface area contributed by atoms with Gasteiger partial charge in [-0.15, -0.1) is 0 Å². The first-order chi connectivity index (χ1) is 9.84. The van der Waals surface area contributed by atoms with Crippen LogP contribution in [0.25, 0.3) is 0 Å². The highest BCUT2D eigenvalue weighted by Crippen LogP contribution is 2.36. The first-order valence-electron chi connectivity index (χ1n) is 7.62. The van der Waals surface area contributed by atoms with Crippen LogP contribution in [-0.4, -0.2) is 47.2 Å². The number of aromatic nitrogens is 2. The number of aryl methyl sites for hydroxylation is 2. The quantitative estimate of drug-likeness (QED) is 0.885. The van der Waals surface area contributed by atoms with Gasteiger partial charge in [-0.05, 0) is 46.1 Å². The first kappa shape index (κ1) is 15.0. The molecule has 0 radical (unpaired) electrons. The Labute approximate surface area is 126 Å². The highest BCUT2D eigenvalue weighted by Gasteiger charge is 2.47. The van der Waals surface area contributed by atoms with E-state index in [0.717, 1.165) is 32.2 Å². The molecule has 6 nitrogen and oxygen atoms in total. The maximum absolute atomic E-state index is 13.1. The predicted octanol–water partition coefficient (Wildman–Crippen LogP) is 1.02. The summed E-state index contributed by atoms with van der Waals surface area (Å²) >= 11 is 0. The second kappa shape index (κ2) is 5.07. The molecule has 1 aromatic heterocycles. The maximum Gasteiger partial charge on any atom is 0.246 e. The van der Waals surface area contributed by atoms with Crippen LogP contribution < -0.4 is 5.32 Å². The van der Waals surface area contributed by atoms with Crippen molar-refractivity contribution < 1.29 is 8.42 Å². The van der Waals surface area contributed by atoms with Crippen molar-refractivity contribution in [2.45, 2.75) is 56.0 Å². The van der Waals surface area contributed by atoms with Crippen LogP contribution in [0.2, 0.25) is 0 Å². The zero-order chi connectivity index (χ0) is 15.3. The molecule has 118 valence electrons. The van der Waals surface area contributed by atoms with E-state index in [4.69, 9.17) is 0 Å². The monoisotopic (exact) mass is 312 g/mol. The van der Waals surface area contributed by atoms with Gasteiger partial charge in [0.05, 0.1) is 5.69 Å². The van der Waals surface area contributed by atoms with Gasteiger partial charge in [0.25, 0.3) is 0 Å². The molecule has 3 rings (SSSR count). The third-order valence-electron chi connectivity index (χ3n) is 4.90. The molecule has 2 saturated heterocycles. The van der Waals surface area contributed by atoms with Crippen molar-refractivity contribution >= 4 is 10.0 Å². The molecule has 1 aromatic rings. The lowest BCUT2D eigenvalue weighted by atomic mass is 9.79. The Hall–Kier alpha value is -0.920. The van der Waals surface area contributed by atoms with Gasteiger partial charge in [0.2, 0.25) is 10.0 Å². The lowest BCUT2D eigenvalue weighted by molar-refractivity contribution is 0.0896. The Bertz CT molecular complexity index is 635. The van der Waals surface area contributed by atoms with E-state index < -0.39 is 10.0 Å². The molecule has 3 heterocycles. The van der Waals surface area contributed by atoms with Crippen molar-refractivity contribution in [3.63, 3.8) is 0 Å². The molecule has 7 heteroatoms. The van der Waals surface area contributed by atoms with Crippen molar-refractivity contribution in [1.29, 1.82) is 0 Å². The fourth-order valence-corrected chi connectivity index (χ4v) is 5.82. The van der Waals surface area contributed by atoms with Gasteiger partial charge in [0, 0.05) is 31.4 Å². The van der Waals surface area contributed by atoms with Crippen LogP contribution in [0.15, 0.2) is 11.1 Å². The molecule has 0 aromatic carbocycles. The van der Waals surface area contributed by atoms with Crippen LogP contribution in [0.1, 0.15) is 38.3 Å². The minimum absolute atomic E-state index is 0.0459. The molecule has 0 unspecified atom stereocenters. The van der Waals surface area contributed by atoms with Crippen molar-refractivity contribution in [3.8, 4) is 0 Å². The smallest absolute Gasteiger partial charge is 0.246 e. The van der Waals surface area contributed by atoms with Crippen LogP contribution in [0.3, 0.4) is 0 Å². The summed E-state index contributed by atoms with van der Waals surface area (Å²) in [5, 5.41) is 7.73. The summed E-state index contributed by atoms with van der Waals surface area (Å²) in [5.41, 5.74) is 0.480. The summed E-state index contributed by atoms with van der Waals surface area (Å²) in [6.45, 7) is 5.51. The van der Waals surface area contributed by atoms with Gasteiger partial charge in [-0.2, -0.15) is 9.40 Å². The van der Waals surface area contributed by atoms with Gasteiger partial charge in [-0.3, -0.25) is 4.68 Å². The standard InChI is InChI=1S/C14H24N4O2S/c1-11-12(10-17(3)16-11)21(19,20)18-9-5-7-14(2)13(18)6-4-8-15-14/h10,13,15H,4-9H2,1-3H3/t13-,14-/m0/s1. The molecule has 21 heavy (non-hydrogen) atoms. The number of piperidine rings is 2. The third kappa shape index (κ3) is 2.41. The topological polar surface area (TPSA) is 67.2 Å². The fourth-order valence-electron chi connectivity index (χ4n) is 3.83. The van der Waals surface area contributed by atoms with E-state index in [-0.39, 0.29) is 11.6 Å². The van der Waals surface area contributed by atoms with E-state index in [2.05, 4.69) is 17.3 Å². The van der Waals surface area contributed by atoms with Gasteiger partial charge in [-0.25, -0.2) is 8.42 Å². The van der Waals surface area contributed by atoms with E-state index in [0.29, 0.717) is 17.1 Å². The summed E-state index contributed by atoms with van der Waals surface area (Å²) in [6.07, 6.45) is 5.52. The third-order valence-corrected chi connectivity index (χ3v) is 6.91. The normalized spacial score (nSPS) is 31.1. The summed E-state index contributed by atoms with van der Waals surface area (Å²) in [4.78, 5) is 0.347. The van der Waals surface area contributed by atoms with Crippen LogP contribution in [0.5, 0.6) is 0 Å². The van der Waals surface area contributed by atoms with Crippen molar-refractivity contribution in [2.75, 3.05) is 13.1 Å². The molecule has 2 atom stereocenters. The molecule has 2 aliphatic rings. The van der Waals surface area contributed by atoms with Crippen LogP contribution in [0.4, 0.5) is 0 Å². The Morgan fingerprint density at radius 1 is 1.43 bits per heavy atom. The predicted molar refractivity (Wildman–Crippen MR) is 80.5 cm³/mol. The van der Waals surface area contributed by atoms with E-state index in [1.807, 2.05) is 0 Å². The molecule has 0 spiro atoms. The summed E-state index contributed by atoms with van der Waals surface area (Å²) in [6, 6.07) is 0.0459. The van der Waals surface area contributed by atoms with E-state index in [1.54, 1.807) is 29.2 Å². The van der Waals surface area contributed by atoms with E-state index >= 15 is 0 Å². The number of nitrogens with zero attached hydrogens (tertiary/aromatic N) is 3. The number of hydrogen-bond donors (Lipinski definition) is 1. The van der Waals surface area contributed by atoms with Crippen LogP contribution in [-0.2, 0) is 17.1 Å². The summed E-state index contributed by atoms with van der Waals surface area (Å²) in [5.74, 6) is 0. The van der Waals surface area contributed by atoms with Gasteiger partial charge in [0.15, 0.2) is 0 Å². The Morgan fingerprint density at radius 3 is 2.86 bits per heavy atom. The molecule has 1 N–H and O–H groups in total. The van der Waals surface area contributed by atoms with E-state index in [1.165, 1.54) is 0 Å². The number of fused-ring (bicyclic) bond motifs is 1. The van der Waals surface area contributed by atoms with Gasteiger partial charge < -0.3 is 5.32 Å². The molecule has 2 fully saturated rings. The lowest BCUT2D eigenvalue weighted by Gasteiger charge is -2.50. The Kier molecular flexibility index (Phi) is 3.62. The fraction of sp³-hybridized carbons (Fsp3) is 0.786. The zero-order valence-electron chi connectivity index (χ0n) is 13.0. The van der Waals surface area contributed by atoms with Crippen molar-refractivity contribution in [1.82, 2.24) is 19.4 Å². The average molecular weight is 312 g/mol. The molecule has 0 saturated carbocycles. The number of nitrogens with one attached hydrogen (secondary N) is 1. The summed E-state index contributed by atoms with van der Waals surface area (Å²) in [7, 11) is -1.71. The molecule has 0 amide bonds. The van der Waals surface area contributed by atoms with E-state index in [9.17, 15) is 8.42 Å². The van der Waals surface area contributed by atoms with Crippen LogP contribution in [0, 0.1) is 6.92 Å². The van der Waals surface area contributed by atoms with Gasteiger partial charge in [-0.1, -0.05) is 0 Å². The van der Waals surface area contributed by atoms with Crippen molar-refractivity contribution in [3.05, 3.63) is 11.9 Å². The SMILES string of the molecule is Cc1nn(C)cc1S(=O)(=O)N1CCC[C@]2(C)NCCC[C@H]12. The largest absolute Gasteiger partial charge is 0.310 e. The molecule has 2 aliphatic heterocycles. The second-order valence-electron chi connectivity index (χ2n) is 6.47.